The third-order valence-electron chi connectivity index (χ3n) is 6.79. The van der Waals surface area contributed by atoms with Gasteiger partial charge >= 0.3 is 0 Å². The lowest BCUT2D eigenvalue weighted by Crippen LogP contribution is -2.25. The quantitative estimate of drug-likeness (QED) is 0.171. The Morgan fingerprint density at radius 3 is 2.41 bits per heavy atom. The van der Waals surface area contributed by atoms with E-state index < -0.39 is 0 Å². The van der Waals surface area contributed by atoms with Gasteiger partial charge < -0.3 is 9.47 Å². The van der Waals surface area contributed by atoms with Gasteiger partial charge in [0.15, 0.2) is 11.5 Å². The van der Waals surface area contributed by atoms with Gasteiger partial charge in [-0.3, -0.25) is 4.79 Å². The summed E-state index contributed by atoms with van der Waals surface area (Å²) in [7, 11) is 0. The molecule has 6 nitrogen and oxygen atoms in total. The Kier molecular flexibility index (Phi) is 9.20. The van der Waals surface area contributed by atoms with Gasteiger partial charge in [-0.15, -0.1) is 0 Å². The summed E-state index contributed by atoms with van der Waals surface area (Å²) in [6.07, 6.45) is 7.18. The van der Waals surface area contributed by atoms with Gasteiger partial charge in [0.25, 0.3) is 5.56 Å². The zero-order chi connectivity index (χ0) is 27.4. The monoisotopic (exact) mass is 715 g/mol. The summed E-state index contributed by atoms with van der Waals surface area (Å²) in [6.45, 7) is 2.83. The second-order valence-corrected chi connectivity index (χ2v) is 12.2. The summed E-state index contributed by atoms with van der Waals surface area (Å²) in [6, 6.07) is 17.4. The highest BCUT2D eigenvalue weighted by atomic mass is 79.9. The zero-order valence-corrected chi connectivity index (χ0v) is 26.3. The largest absolute Gasteiger partial charge is 0.490 e. The van der Waals surface area contributed by atoms with E-state index in [0.29, 0.717) is 35.6 Å². The highest BCUT2D eigenvalue weighted by Crippen LogP contribution is 2.35. The Hall–Kier alpha value is -2.49. The maximum Gasteiger partial charge on any atom is 0.282 e. The molecular weight excluding hydrogens is 690 g/mol. The van der Waals surface area contributed by atoms with Crippen molar-refractivity contribution in [2.24, 2.45) is 5.10 Å². The first-order valence-corrected chi connectivity index (χ1v) is 15.4. The Morgan fingerprint density at radius 1 is 0.949 bits per heavy atom. The van der Waals surface area contributed by atoms with Gasteiger partial charge in [-0.2, -0.15) is 9.78 Å². The molecule has 0 N–H and O–H groups in total. The van der Waals surface area contributed by atoms with Gasteiger partial charge in [0, 0.05) is 24.9 Å². The number of hydrogen-bond acceptors (Lipinski definition) is 5. The normalized spacial score (nSPS) is 14.3. The third kappa shape index (κ3) is 6.64. The minimum atomic E-state index is -0.172. The highest BCUT2D eigenvalue weighted by Gasteiger charge is 2.22. The number of aromatic nitrogens is 2. The standard InChI is InChI=1S/C30H28Br3N3O3/c1-2-38-27-14-21(25(33)16-28(27)39-18-19-8-10-22(31)11-9-19)17-34-36-29(20-6-4-3-5-7-20)35-26-13-12-23(32)15-24(26)30(36)37/h8-17,20H,2-7,18H2,1H3. The second-order valence-electron chi connectivity index (χ2n) is 9.50. The van der Waals surface area contributed by atoms with E-state index in [4.69, 9.17) is 19.6 Å². The van der Waals surface area contributed by atoms with Crippen molar-refractivity contribution in [1.29, 1.82) is 0 Å². The SMILES string of the molecule is CCOc1cc(C=Nn2c(C3CCCCC3)nc3ccc(Br)cc3c2=O)c(Br)cc1OCc1ccc(Br)cc1. The summed E-state index contributed by atoms with van der Waals surface area (Å²) in [5, 5.41) is 5.23. The smallest absolute Gasteiger partial charge is 0.282 e. The van der Waals surface area contributed by atoms with Gasteiger partial charge in [-0.25, -0.2) is 4.98 Å². The molecule has 0 unspecified atom stereocenters. The lowest BCUT2D eigenvalue weighted by molar-refractivity contribution is 0.269. The van der Waals surface area contributed by atoms with Crippen LogP contribution in [0.1, 0.15) is 61.9 Å². The van der Waals surface area contributed by atoms with Crippen LogP contribution in [0.2, 0.25) is 0 Å². The lowest BCUT2D eigenvalue weighted by atomic mass is 9.88. The average molecular weight is 718 g/mol. The van der Waals surface area contributed by atoms with Crippen LogP contribution in [-0.2, 0) is 6.61 Å². The van der Waals surface area contributed by atoms with E-state index >= 15 is 0 Å². The van der Waals surface area contributed by atoms with Crippen LogP contribution in [0, 0.1) is 0 Å². The van der Waals surface area contributed by atoms with Crippen LogP contribution >= 0.6 is 47.8 Å². The number of fused-ring (bicyclic) bond motifs is 1. The first kappa shape index (κ1) is 28.1. The van der Waals surface area contributed by atoms with E-state index in [-0.39, 0.29) is 11.5 Å². The number of nitrogens with zero attached hydrogens (tertiary/aromatic N) is 3. The molecule has 1 saturated carbocycles. The molecule has 1 heterocycles. The fourth-order valence-corrected chi connectivity index (χ4v) is 5.85. The Balaban J connectivity index is 1.50. The molecular formula is C30H28Br3N3O3. The van der Waals surface area contributed by atoms with Gasteiger partial charge in [-0.1, -0.05) is 63.3 Å². The van der Waals surface area contributed by atoms with Crippen LogP contribution in [0.25, 0.3) is 10.9 Å². The van der Waals surface area contributed by atoms with Gasteiger partial charge in [0.05, 0.1) is 23.7 Å². The molecule has 0 radical (unpaired) electrons. The molecule has 0 saturated heterocycles. The molecule has 0 bridgehead atoms. The van der Waals surface area contributed by atoms with Crippen LogP contribution < -0.4 is 15.0 Å². The molecule has 9 heteroatoms. The van der Waals surface area contributed by atoms with Crippen molar-refractivity contribution >= 4 is 64.9 Å². The molecule has 0 atom stereocenters. The first-order valence-electron chi connectivity index (χ1n) is 13.0. The summed E-state index contributed by atoms with van der Waals surface area (Å²) in [5.74, 6) is 2.16. The van der Waals surface area contributed by atoms with E-state index in [1.165, 1.54) is 11.1 Å². The maximum atomic E-state index is 13.6. The number of benzene rings is 3. The molecule has 5 rings (SSSR count). The highest BCUT2D eigenvalue weighted by molar-refractivity contribution is 9.11. The van der Waals surface area contributed by atoms with E-state index in [9.17, 15) is 4.79 Å². The van der Waals surface area contributed by atoms with E-state index in [1.807, 2.05) is 61.5 Å². The molecule has 39 heavy (non-hydrogen) atoms. The summed E-state index contributed by atoms with van der Waals surface area (Å²) in [4.78, 5) is 18.6. The molecule has 0 amide bonds. The molecule has 1 aromatic heterocycles. The van der Waals surface area contributed by atoms with E-state index in [2.05, 4.69) is 47.8 Å². The van der Waals surface area contributed by atoms with Crippen molar-refractivity contribution in [3.63, 3.8) is 0 Å². The summed E-state index contributed by atoms with van der Waals surface area (Å²) >= 11 is 10.6. The molecule has 0 spiro atoms. The van der Waals surface area contributed by atoms with Gasteiger partial charge in [-0.05, 0) is 83.7 Å². The number of hydrogen-bond donors (Lipinski definition) is 0. The van der Waals surface area contributed by atoms with Crippen LogP contribution in [0.15, 0.2) is 77.9 Å². The molecule has 202 valence electrons. The third-order valence-corrected chi connectivity index (χ3v) is 8.50. The minimum Gasteiger partial charge on any atom is -0.490 e. The van der Waals surface area contributed by atoms with Crippen molar-refractivity contribution < 1.29 is 9.47 Å². The fourth-order valence-electron chi connectivity index (χ4n) is 4.80. The summed E-state index contributed by atoms with van der Waals surface area (Å²) < 4.78 is 16.1. The van der Waals surface area contributed by atoms with Crippen LogP contribution in [0.5, 0.6) is 11.5 Å². The molecule has 4 aromatic rings. The molecule has 1 aliphatic rings. The van der Waals surface area contributed by atoms with Crippen molar-refractivity contribution in [2.45, 2.75) is 51.6 Å². The Bertz CT molecular complexity index is 1560. The summed E-state index contributed by atoms with van der Waals surface area (Å²) in [5.41, 5.74) is 2.34. The number of halogens is 3. The Morgan fingerprint density at radius 2 is 1.67 bits per heavy atom. The first-order chi connectivity index (χ1) is 18.9. The fraction of sp³-hybridized carbons (Fsp3) is 0.300. The molecule has 0 aliphatic heterocycles. The molecule has 3 aromatic carbocycles. The van der Waals surface area contributed by atoms with Crippen molar-refractivity contribution in [1.82, 2.24) is 9.66 Å². The van der Waals surface area contributed by atoms with Crippen LogP contribution in [-0.4, -0.2) is 22.5 Å². The topological polar surface area (TPSA) is 65.7 Å². The molecule has 1 aliphatic carbocycles. The Labute approximate surface area is 252 Å². The van der Waals surface area contributed by atoms with Crippen LogP contribution in [0.4, 0.5) is 0 Å². The van der Waals surface area contributed by atoms with Crippen molar-refractivity contribution in [2.75, 3.05) is 6.61 Å². The van der Waals surface area contributed by atoms with E-state index in [1.54, 1.807) is 6.21 Å². The van der Waals surface area contributed by atoms with Gasteiger partial charge in [0.1, 0.15) is 12.4 Å². The molecule has 1 fully saturated rings. The van der Waals surface area contributed by atoms with E-state index in [0.717, 1.165) is 56.1 Å². The minimum absolute atomic E-state index is 0.172. The second kappa shape index (κ2) is 12.8. The maximum absolute atomic E-state index is 13.6. The van der Waals surface area contributed by atoms with Crippen LogP contribution in [0.3, 0.4) is 0 Å². The lowest BCUT2D eigenvalue weighted by Gasteiger charge is -2.22. The number of rotatable bonds is 8. The predicted molar refractivity (Wildman–Crippen MR) is 166 cm³/mol. The average Bonchev–Trinajstić information content (AvgIpc) is 2.94. The number of ether oxygens (including phenoxy) is 2. The van der Waals surface area contributed by atoms with Gasteiger partial charge in [0.2, 0.25) is 0 Å². The predicted octanol–water partition coefficient (Wildman–Crippen LogP) is 8.59. The van der Waals surface area contributed by atoms with Crippen molar-refractivity contribution in [3.8, 4) is 11.5 Å². The van der Waals surface area contributed by atoms with Crippen molar-refractivity contribution in [3.05, 3.63) is 95.3 Å². The zero-order valence-electron chi connectivity index (χ0n) is 21.5.